The van der Waals surface area contributed by atoms with Gasteiger partial charge in [-0.15, -0.1) is 0 Å². The molecule has 0 aliphatic carbocycles. The summed E-state index contributed by atoms with van der Waals surface area (Å²) in [6.07, 6.45) is 0.594. The van der Waals surface area contributed by atoms with Gasteiger partial charge in [-0.25, -0.2) is 0 Å². The molecule has 10 heteroatoms. The van der Waals surface area contributed by atoms with E-state index in [9.17, 15) is 24.6 Å². The molecule has 144 valence electrons. The van der Waals surface area contributed by atoms with E-state index in [-0.39, 0.29) is 15.6 Å². The molecule has 1 saturated heterocycles. The molecular formula is C17H15NO7S2-2. The van der Waals surface area contributed by atoms with E-state index >= 15 is 0 Å². The number of hydrogen-bond acceptors (Lipinski definition) is 9. The Morgan fingerprint density at radius 1 is 1.30 bits per heavy atom. The quantitative estimate of drug-likeness (QED) is 0.415. The van der Waals surface area contributed by atoms with E-state index in [4.69, 9.17) is 21.7 Å². The minimum absolute atomic E-state index is 0.000612. The molecule has 1 aromatic carbocycles. The summed E-state index contributed by atoms with van der Waals surface area (Å²) in [5.74, 6) is -2.65. The van der Waals surface area contributed by atoms with Gasteiger partial charge in [-0.2, -0.15) is 0 Å². The van der Waals surface area contributed by atoms with E-state index in [1.54, 1.807) is 18.2 Å². The van der Waals surface area contributed by atoms with Gasteiger partial charge in [-0.3, -0.25) is 9.69 Å². The molecule has 0 radical (unpaired) electrons. The van der Waals surface area contributed by atoms with Crippen molar-refractivity contribution in [3.63, 3.8) is 0 Å². The third-order valence-corrected chi connectivity index (χ3v) is 5.08. The summed E-state index contributed by atoms with van der Waals surface area (Å²) in [5, 5.41) is 22.0. The molecule has 0 bridgehead atoms. The van der Waals surface area contributed by atoms with E-state index in [1.807, 2.05) is 0 Å². The van der Waals surface area contributed by atoms with Gasteiger partial charge in [0.05, 0.1) is 31.1 Å². The van der Waals surface area contributed by atoms with Gasteiger partial charge in [0, 0.05) is 11.5 Å². The molecule has 1 aliphatic rings. The Balaban J connectivity index is 2.35. The fraction of sp³-hybridized carbons (Fsp3) is 0.294. The minimum Gasteiger partial charge on any atom is -0.550 e. The molecule has 0 aromatic heterocycles. The van der Waals surface area contributed by atoms with Crippen LogP contribution in [0.25, 0.3) is 6.08 Å². The fourth-order valence-corrected chi connectivity index (χ4v) is 3.80. The van der Waals surface area contributed by atoms with E-state index in [1.165, 1.54) is 20.3 Å². The Morgan fingerprint density at radius 3 is 2.56 bits per heavy atom. The van der Waals surface area contributed by atoms with Crippen LogP contribution in [0.4, 0.5) is 0 Å². The molecule has 0 unspecified atom stereocenters. The van der Waals surface area contributed by atoms with Crippen LogP contribution in [0.5, 0.6) is 11.5 Å². The summed E-state index contributed by atoms with van der Waals surface area (Å²) in [6, 6.07) is 3.51. The molecule has 1 aromatic rings. The normalized spacial score (nSPS) is 16.5. The van der Waals surface area contributed by atoms with Crippen LogP contribution in [0.3, 0.4) is 0 Å². The lowest BCUT2D eigenvalue weighted by Crippen LogP contribution is -2.50. The topological polar surface area (TPSA) is 119 Å². The zero-order valence-corrected chi connectivity index (χ0v) is 16.1. The Kier molecular flexibility index (Phi) is 6.81. The van der Waals surface area contributed by atoms with E-state index in [2.05, 4.69) is 0 Å². The first-order chi connectivity index (χ1) is 12.8. The van der Waals surface area contributed by atoms with Crippen molar-refractivity contribution in [3.05, 3.63) is 28.7 Å². The van der Waals surface area contributed by atoms with Crippen LogP contribution < -0.4 is 19.7 Å². The number of aliphatic carboxylic acids is 2. The lowest BCUT2D eigenvalue weighted by Gasteiger charge is -2.27. The van der Waals surface area contributed by atoms with Gasteiger partial charge in [0.2, 0.25) is 0 Å². The van der Waals surface area contributed by atoms with Crippen LogP contribution in [0.2, 0.25) is 0 Å². The molecule has 1 atom stereocenters. The molecule has 1 aliphatic heterocycles. The van der Waals surface area contributed by atoms with Crippen molar-refractivity contribution in [1.29, 1.82) is 0 Å². The first kappa shape index (κ1) is 20.7. The number of thiocarbonyl (C=S) groups is 1. The van der Waals surface area contributed by atoms with Crippen molar-refractivity contribution in [2.75, 3.05) is 14.2 Å². The first-order valence-electron chi connectivity index (χ1n) is 7.68. The van der Waals surface area contributed by atoms with Gasteiger partial charge in [-0.1, -0.05) is 24.0 Å². The van der Waals surface area contributed by atoms with Crippen molar-refractivity contribution in [2.24, 2.45) is 0 Å². The van der Waals surface area contributed by atoms with Crippen LogP contribution in [0.15, 0.2) is 23.1 Å². The van der Waals surface area contributed by atoms with Gasteiger partial charge < -0.3 is 29.3 Å². The molecule has 2 rings (SSSR count). The maximum Gasteiger partial charge on any atom is 0.266 e. The van der Waals surface area contributed by atoms with Crippen LogP contribution >= 0.6 is 24.0 Å². The van der Waals surface area contributed by atoms with E-state index < -0.39 is 30.3 Å². The number of carbonyl (C=O) groups is 3. The Hall–Kier alpha value is -2.59. The third-order valence-electron chi connectivity index (χ3n) is 3.75. The number of hydrogen-bond donors (Lipinski definition) is 0. The third kappa shape index (κ3) is 4.77. The molecule has 8 nitrogen and oxygen atoms in total. The maximum atomic E-state index is 12.7. The highest BCUT2D eigenvalue weighted by atomic mass is 32.2. The first-order valence-corrected chi connectivity index (χ1v) is 8.90. The summed E-state index contributed by atoms with van der Waals surface area (Å²) in [5.41, 5.74) is 0.539. The number of carboxylic acids is 2. The SMILES string of the molecule is COc1ccc(OC)c(/C=C2\SC(=S)N([C@H](CCC(=O)[O-])C(=O)[O-])C2=O)c1. The zero-order chi connectivity index (χ0) is 20.1. The summed E-state index contributed by atoms with van der Waals surface area (Å²) in [4.78, 5) is 35.8. The molecule has 0 saturated carbocycles. The molecule has 1 fully saturated rings. The predicted octanol–water partition coefficient (Wildman–Crippen LogP) is -0.446. The number of benzene rings is 1. The van der Waals surface area contributed by atoms with Crippen LogP contribution in [0.1, 0.15) is 18.4 Å². The number of ether oxygens (including phenoxy) is 2. The smallest absolute Gasteiger partial charge is 0.266 e. The standard InChI is InChI=1S/C17H17NO7S2/c1-24-10-3-5-12(25-2)9(7-10)8-13-15(21)18(17(26)27-13)11(16(22)23)4-6-14(19)20/h3,5,7-8,11H,4,6H2,1-2H3,(H,19,20)(H,22,23)/p-2/b13-8-/t11-/m1/s1. The van der Waals surface area contributed by atoms with Gasteiger partial charge in [0.1, 0.15) is 15.8 Å². The number of rotatable bonds is 8. The molecular weight excluding hydrogens is 394 g/mol. The average Bonchev–Trinajstić information content (AvgIpc) is 2.89. The summed E-state index contributed by atoms with van der Waals surface area (Å²) in [7, 11) is 2.96. The second-order valence-electron chi connectivity index (χ2n) is 5.41. The zero-order valence-electron chi connectivity index (χ0n) is 14.4. The van der Waals surface area contributed by atoms with Crippen molar-refractivity contribution in [3.8, 4) is 11.5 Å². The molecule has 1 heterocycles. The predicted molar refractivity (Wildman–Crippen MR) is 97.6 cm³/mol. The minimum atomic E-state index is -1.59. The van der Waals surface area contributed by atoms with Crippen LogP contribution in [-0.4, -0.2) is 47.3 Å². The number of amides is 1. The van der Waals surface area contributed by atoms with Crippen molar-refractivity contribution in [2.45, 2.75) is 18.9 Å². The number of carbonyl (C=O) groups excluding carboxylic acids is 3. The fourth-order valence-electron chi connectivity index (χ4n) is 2.45. The highest BCUT2D eigenvalue weighted by Crippen LogP contribution is 2.36. The largest absolute Gasteiger partial charge is 0.550 e. The molecule has 27 heavy (non-hydrogen) atoms. The molecule has 1 amide bonds. The number of methoxy groups -OCH3 is 2. The Bertz CT molecular complexity index is 821. The van der Waals surface area contributed by atoms with E-state index in [0.29, 0.717) is 17.1 Å². The highest BCUT2D eigenvalue weighted by Gasteiger charge is 2.37. The summed E-state index contributed by atoms with van der Waals surface area (Å²) in [6.45, 7) is 0. The second kappa shape index (κ2) is 8.87. The van der Waals surface area contributed by atoms with Gasteiger partial charge >= 0.3 is 0 Å². The number of carboxylic acid groups (broad SMARTS) is 2. The average molecular weight is 409 g/mol. The van der Waals surface area contributed by atoms with Gasteiger partial charge in [0.25, 0.3) is 5.91 Å². The molecule has 0 spiro atoms. The van der Waals surface area contributed by atoms with Crippen LogP contribution in [-0.2, 0) is 14.4 Å². The second-order valence-corrected chi connectivity index (χ2v) is 7.08. The van der Waals surface area contributed by atoms with E-state index in [0.717, 1.165) is 16.7 Å². The maximum absolute atomic E-state index is 12.7. The monoisotopic (exact) mass is 409 g/mol. The number of thioether (sulfide) groups is 1. The summed E-state index contributed by atoms with van der Waals surface area (Å²) < 4.78 is 10.4. The lowest BCUT2D eigenvalue weighted by molar-refractivity contribution is -0.311. The number of nitrogens with zero attached hydrogens (tertiary/aromatic N) is 1. The van der Waals surface area contributed by atoms with Crippen molar-refractivity contribution < 1.29 is 34.1 Å². The summed E-state index contributed by atoms with van der Waals surface area (Å²) >= 11 is 6.02. The highest BCUT2D eigenvalue weighted by molar-refractivity contribution is 8.26. The van der Waals surface area contributed by atoms with Crippen molar-refractivity contribution >= 4 is 52.2 Å². The van der Waals surface area contributed by atoms with Crippen LogP contribution in [0, 0.1) is 0 Å². The lowest BCUT2D eigenvalue weighted by atomic mass is 10.1. The van der Waals surface area contributed by atoms with Gasteiger partial charge in [-0.05, 0) is 37.1 Å². The Morgan fingerprint density at radius 2 is 2.00 bits per heavy atom. The molecule has 0 N–H and O–H groups in total. The van der Waals surface area contributed by atoms with Crippen molar-refractivity contribution in [1.82, 2.24) is 4.90 Å². The van der Waals surface area contributed by atoms with Gasteiger partial charge in [0.15, 0.2) is 0 Å². The Labute approximate surface area is 164 Å².